The molecule has 0 aromatic heterocycles. The average Bonchev–Trinajstić information content (AvgIpc) is 2.31. The Labute approximate surface area is 148 Å². The predicted molar refractivity (Wildman–Crippen MR) is 80.7 cm³/mol. The number of hydrogen-bond acceptors (Lipinski definition) is 1. The Hall–Kier alpha value is 0.171. The van der Waals surface area contributed by atoms with Gasteiger partial charge >= 0.3 is 51.5 Å². The van der Waals surface area contributed by atoms with E-state index in [9.17, 15) is 4.79 Å². The summed E-state index contributed by atoms with van der Waals surface area (Å²) in [5.74, 6) is -0.754. The van der Waals surface area contributed by atoms with E-state index in [4.69, 9.17) is 5.11 Å². The molecule has 1 rings (SSSR count). The molecule has 2 nitrogen and oxygen atoms in total. The van der Waals surface area contributed by atoms with Gasteiger partial charge in [0.05, 0.1) is 5.92 Å². The Morgan fingerprint density at radius 2 is 1.78 bits per heavy atom. The Bertz CT molecular complexity index is 299. The second kappa shape index (κ2) is 13.6. The van der Waals surface area contributed by atoms with Crippen LogP contribution >= 0.6 is 0 Å². The molecule has 0 heterocycles. The molecule has 0 radical (unpaired) electrons. The second-order valence-corrected chi connectivity index (χ2v) is 4.24. The van der Waals surface area contributed by atoms with Crippen molar-refractivity contribution in [2.75, 3.05) is 0 Å². The molecule has 3 heteroatoms. The van der Waals surface area contributed by atoms with Crippen LogP contribution in [-0.2, 0) is 4.79 Å². The minimum absolute atomic E-state index is 0. The summed E-state index contributed by atoms with van der Waals surface area (Å²) in [7, 11) is 0. The summed E-state index contributed by atoms with van der Waals surface area (Å²) in [5, 5.41) is 8.60. The summed E-state index contributed by atoms with van der Waals surface area (Å²) >= 11 is 0. The summed E-state index contributed by atoms with van der Waals surface area (Å²) in [6, 6.07) is 10.3. The summed E-state index contributed by atoms with van der Waals surface area (Å²) in [6.45, 7) is 6.09. The Morgan fingerprint density at radius 1 is 1.22 bits per heavy atom. The third kappa shape index (κ3) is 11.3. The van der Waals surface area contributed by atoms with Crippen LogP contribution in [0, 0.1) is 12.8 Å². The maximum absolute atomic E-state index is 10.4. The predicted octanol–water partition coefficient (Wildman–Crippen LogP) is 3.37. The van der Waals surface area contributed by atoms with E-state index in [1.807, 2.05) is 25.1 Å². The fourth-order valence-electron chi connectivity index (χ4n) is 1.49. The molecule has 1 unspecified atom stereocenters. The van der Waals surface area contributed by atoms with Gasteiger partial charge in [-0.15, -0.1) is 0 Å². The summed E-state index contributed by atoms with van der Waals surface area (Å²) in [5.41, 5.74) is 1.32. The number of carboxylic acids is 1. The molecule has 0 aliphatic heterocycles. The van der Waals surface area contributed by atoms with Gasteiger partial charge in [0.15, 0.2) is 0 Å². The third-order valence-electron chi connectivity index (χ3n) is 2.69. The van der Waals surface area contributed by atoms with Gasteiger partial charge < -0.3 is 5.11 Å². The quantitative estimate of drug-likeness (QED) is 0.843. The van der Waals surface area contributed by atoms with Crippen LogP contribution < -0.4 is 0 Å². The molecule has 1 N–H and O–H groups in total. The van der Waals surface area contributed by atoms with Crippen LogP contribution in [0.2, 0.25) is 0 Å². The van der Waals surface area contributed by atoms with Crippen LogP contribution in [0.3, 0.4) is 0 Å². The summed E-state index contributed by atoms with van der Waals surface area (Å²) < 4.78 is 0. The van der Waals surface area contributed by atoms with Gasteiger partial charge in [-0.2, -0.15) is 0 Å². The molecule has 0 bridgehead atoms. The first-order valence-electron chi connectivity index (χ1n) is 6.36. The molecular formula is C15H26O2Sr. The molecule has 0 saturated carbocycles. The average molecular weight is 326 g/mol. The van der Waals surface area contributed by atoms with Gasteiger partial charge in [-0.1, -0.05) is 62.6 Å². The van der Waals surface area contributed by atoms with Crippen molar-refractivity contribution in [3.05, 3.63) is 35.9 Å². The van der Waals surface area contributed by atoms with E-state index >= 15 is 0 Å². The Kier molecular flexibility index (Phi) is 15.5. The van der Waals surface area contributed by atoms with E-state index < -0.39 is 5.97 Å². The molecule has 0 fully saturated rings. The molecule has 1 aromatic rings. The number of unbranched alkanes of at least 4 members (excludes halogenated alkanes) is 1. The second-order valence-electron chi connectivity index (χ2n) is 4.24. The first kappa shape index (κ1) is 20.5. The first-order chi connectivity index (χ1) is 8.11. The van der Waals surface area contributed by atoms with Gasteiger partial charge in [0.25, 0.3) is 0 Å². The zero-order valence-electron chi connectivity index (χ0n) is 11.1. The monoisotopic (exact) mass is 326 g/mol. The SMILES string of the molecule is CCCCC(CC)C(=O)O.Cc1ccccc1.[SrH2]. The number of carbonyl (C=O) groups is 1. The van der Waals surface area contributed by atoms with Crippen molar-refractivity contribution in [1.29, 1.82) is 0 Å². The van der Waals surface area contributed by atoms with Crippen molar-refractivity contribution < 1.29 is 9.90 Å². The molecule has 0 amide bonds. The molecule has 0 aliphatic carbocycles. The molecule has 100 valence electrons. The standard InChI is InChI=1S/C8H16O2.C7H8.Sr.2H/c1-3-5-6-7(4-2)8(9)10;1-7-5-3-2-4-6-7;;;/h7H,3-6H2,1-2H3,(H,9,10);2-6H,1H3;;;. The van der Waals surface area contributed by atoms with Crippen molar-refractivity contribution in [2.24, 2.45) is 5.92 Å². The van der Waals surface area contributed by atoms with Crippen molar-refractivity contribution in [1.82, 2.24) is 0 Å². The van der Waals surface area contributed by atoms with E-state index in [-0.39, 0.29) is 51.4 Å². The molecule has 1 aromatic carbocycles. The van der Waals surface area contributed by atoms with Crippen molar-refractivity contribution >= 4 is 51.5 Å². The van der Waals surface area contributed by atoms with Crippen LogP contribution in [0.15, 0.2) is 30.3 Å². The van der Waals surface area contributed by atoms with Crippen molar-refractivity contribution in [2.45, 2.75) is 46.5 Å². The van der Waals surface area contributed by atoms with Crippen molar-refractivity contribution in [3.8, 4) is 0 Å². The number of aliphatic carboxylic acids is 1. The van der Waals surface area contributed by atoms with E-state index in [0.29, 0.717) is 0 Å². The summed E-state index contributed by atoms with van der Waals surface area (Å²) in [6.07, 6.45) is 3.71. The number of aryl methyl sites for hydroxylation is 1. The van der Waals surface area contributed by atoms with Crippen LogP contribution in [0.5, 0.6) is 0 Å². The molecule has 0 aliphatic rings. The maximum atomic E-state index is 10.4. The van der Waals surface area contributed by atoms with Gasteiger partial charge in [0.1, 0.15) is 0 Å². The fraction of sp³-hybridized carbons (Fsp3) is 0.533. The molecule has 0 spiro atoms. The van der Waals surface area contributed by atoms with Crippen LogP contribution in [0.1, 0.15) is 45.1 Å². The van der Waals surface area contributed by atoms with Gasteiger partial charge in [-0.05, 0) is 19.8 Å². The van der Waals surface area contributed by atoms with Crippen LogP contribution in [-0.4, -0.2) is 56.6 Å². The van der Waals surface area contributed by atoms with E-state index in [1.165, 1.54) is 5.56 Å². The first-order valence-corrected chi connectivity index (χ1v) is 6.36. The zero-order chi connectivity index (χ0) is 13.1. The normalized spacial score (nSPS) is 10.6. The van der Waals surface area contributed by atoms with Gasteiger partial charge in [-0.3, -0.25) is 4.79 Å². The third-order valence-corrected chi connectivity index (χ3v) is 2.69. The Balaban J connectivity index is 0. The van der Waals surface area contributed by atoms with E-state index in [1.54, 1.807) is 0 Å². The molecule has 1 atom stereocenters. The van der Waals surface area contributed by atoms with E-state index in [2.05, 4.69) is 26.0 Å². The fourth-order valence-corrected chi connectivity index (χ4v) is 1.49. The van der Waals surface area contributed by atoms with Gasteiger partial charge in [0.2, 0.25) is 0 Å². The van der Waals surface area contributed by atoms with Crippen LogP contribution in [0.4, 0.5) is 0 Å². The van der Waals surface area contributed by atoms with Crippen LogP contribution in [0.25, 0.3) is 0 Å². The molecule has 18 heavy (non-hydrogen) atoms. The molecular weight excluding hydrogens is 300 g/mol. The van der Waals surface area contributed by atoms with E-state index in [0.717, 1.165) is 25.7 Å². The number of carboxylic acid groups (broad SMARTS) is 1. The zero-order valence-corrected chi connectivity index (χ0v) is 11.1. The molecule has 0 saturated heterocycles. The number of hydrogen-bond donors (Lipinski definition) is 1. The van der Waals surface area contributed by atoms with Gasteiger partial charge in [0, 0.05) is 0 Å². The van der Waals surface area contributed by atoms with Crippen molar-refractivity contribution in [3.63, 3.8) is 0 Å². The van der Waals surface area contributed by atoms with Gasteiger partial charge in [-0.25, -0.2) is 0 Å². The Morgan fingerprint density at radius 3 is 2.06 bits per heavy atom. The minimum atomic E-state index is -0.643. The number of benzene rings is 1. The number of rotatable bonds is 5. The topological polar surface area (TPSA) is 37.3 Å². The summed E-state index contributed by atoms with van der Waals surface area (Å²) in [4.78, 5) is 10.4.